The molecule has 0 saturated carbocycles. The van der Waals surface area contributed by atoms with Gasteiger partial charge in [0.15, 0.2) is 0 Å². The number of ether oxygens (including phenoxy) is 1. The molecule has 21 heavy (non-hydrogen) atoms. The number of rotatable bonds is 8. The summed E-state index contributed by atoms with van der Waals surface area (Å²) in [5.41, 5.74) is 0.949. The summed E-state index contributed by atoms with van der Waals surface area (Å²) in [4.78, 5) is 14.8. The van der Waals surface area contributed by atoms with E-state index in [2.05, 4.69) is 10.1 Å². The third-order valence-electron chi connectivity index (χ3n) is 2.61. The maximum atomic E-state index is 10.5. The van der Waals surface area contributed by atoms with Crippen LogP contribution in [-0.4, -0.2) is 33.6 Å². The third kappa shape index (κ3) is 4.57. The largest absolute Gasteiger partial charge is 0.481 e. The van der Waals surface area contributed by atoms with E-state index in [4.69, 9.17) is 14.4 Å². The van der Waals surface area contributed by atoms with Crippen molar-refractivity contribution in [2.75, 3.05) is 12.4 Å². The van der Waals surface area contributed by atoms with Gasteiger partial charge in [0, 0.05) is 6.61 Å². The van der Waals surface area contributed by atoms with Crippen LogP contribution in [0.25, 0.3) is 0 Å². The zero-order valence-electron chi connectivity index (χ0n) is 11.6. The molecule has 7 heteroatoms. The van der Waals surface area contributed by atoms with Crippen LogP contribution in [0.2, 0.25) is 0 Å². The summed E-state index contributed by atoms with van der Waals surface area (Å²) >= 11 is 1.21. The Kier molecular flexibility index (Phi) is 5.77. The third-order valence-corrected chi connectivity index (χ3v) is 3.51. The summed E-state index contributed by atoms with van der Waals surface area (Å²) in [6.07, 6.45) is -0.377. The van der Waals surface area contributed by atoms with E-state index < -0.39 is 5.97 Å². The van der Waals surface area contributed by atoms with Crippen molar-refractivity contribution in [3.05, 3.63) is 47.6 Å². The Bertz CT molecular complexity index is 573. The Labute approximate surface area is 126 Å². The van der Waals surface area contributed by atoms with Gasteiger partial charge < -0.3 is 14.4 Å². The molecule has 0 aliphatic carbocycles. The lowest BCUT2D eigenvalue weighted by Crippen LogP contribution is -2.08. The number of hydrogen-bond donors (Lipinski definition) is 1. The Morgan fingerprint density at radius 3 is 2.86 bits per heavy atom. The quantitative estimate of drug-likeness (QED) is 0.802. The molecule has 1 aromatic carbocycles. The van der Waals surface area contributed by atoms with Crippen LogP contribution in [0, 0.1) is 0 Å². The van der Waals surface area contributed by atoms with Gasteiger partial charge in [0.1, 0.15) is 6.10 Å². The Morgan fingerprint density at radius 2 is 2.19 bits per heavy atom. The lowest BCUT2D eigenvalue weighted by Gasteiger charge is -2.13. The van der Waals surface area contributed by atoms with Crippen molar-refractivity contribution in [2.45, 2.75) is 18.8 Å². The molecule has 112 valence electrons. The molecule has 1 aromatic heterocycles. The average Bonchev–Trinajstić information content (AvgIpc) is 2.94. The fourth-order valence-electron chi connectivity index (χ4n) is 1.77. The van der Waals surface area contributed by atoms with Crippen molar-refractivity contribution in [1.29, 1.82) is 0 Å². The minimum Gasteiger partial charge on any atom is -0.481 e. The summed E-state index contributed by atoms with van der Waals surface area (Å²) in [6.45, 7) is 2.43. The van der Waals surface area contributed by atoms with Crippen molar-refractivity contribution < 1.29 is 19.2 Å². The molecular weight excluding hydrogens is 292 g/mol. The predicted octanol–water partition coefficient (Wildman–Crippen LogP) is 2.51. The van der Waals surface area contributed by atoms with E-state index in [1.807, 2.05) is 37.3 Å². The van der Waals surface area contributed by atoms with E-state index in [0.717, 1.165) is 5.56 Å². The smallest absolute Gasteiger partial charge is 0.313 e. The van der Waals surface area contributed by atoms with Gasteiger partial charge in [-0.05, 0) is 12.5 Å². The molecule has 1 heterocycles. The van der Waals surface area contributed by atoms with Gasteiger partial charge in [-0.2, -0.15) is 4.98 Å². The second-order valence-electron chi connectivity index (χ2n) is 4.18. The molecule has 6 nitrogen and oxygen atoms in total. The van der Waals surface area contributed by atoms with E-state index in [1.54, 1.807) is 0 Å². The summed E-state index contributed by atoms with van der Waals surface area (Å²) in [7, 11) is 0. The van der Waals surface area contributed by atoms with Crippen molar-refractivity contribution in [3.63, 3.8) is 0 Å². The highest BCUT2D eigenvalue weighted by Gasteiger charge is 2.20. The lowest BCUT2D eigenvalue weighted by atomic mass is 10.1. The first-order valence-electron chi connectivity index (χ1n) is 6.49. The van der Waals surface area contributed by atoms with Crippen LogP contribution < -0.4 is 0 Å². The van der Waals surface area contributed by atoms with Gasteiger partial charge in [-0.3, -0.25) is 4.79 Å². The normalized spacial score (nSPS) is 12.2. The fourth-order valence-corrected chi connectivity index (χ4v) is 2.34. The van der Waals surface area contributed by atoms with Crippen LogP contribution >= 0.6 is 11.8 Å². The zero-order chi connectivity index (χ0) is 15.1. The van der Waals surface area contributed by atoms with Gasteiger partial charge in [-0.1, -0.05) is 35.5 Å². The van der Waals surface area contributed by atoms with Gasteiger partial charge in [0.25, 0.3) is 0 Å². The first-order valence-corrected chi connectivity index (χ1v) is 7.64. The SMILES string of the molecule is CCOC(c1ccccc1)c1noc(CSCC(=O)O)n1. The predicted molar refractivity (Wildman–Crippen MR) is 78.0 cm³/mol. The highest BCUT2D eigenvalue weighted by molar-refractivity contribution is 7.99. The summed E-state index contributed by atoms with van der Waals surface area (Å²) in [5, 5.41) is 12.5. The van der Waals surface area contributed by atoms with E-state index in [0.29, 0.717) is 24.1 Å². The molecule has 0 amide bonds. The van der Waals surface area contributed by atoms with Crippen LogP contribution in [0.4, 0.5) is 0 Å². The molecule has 2 aromatic rings. The number of aromatic nitrogens is 2. The summed E-state index contributed by atoms with van der Waals surface area (Å²) in [5.74, 6) is 0.361. The standard InChI is InChI=1S/C14H16N2O4S/c1-2-19-13(10-6-4-3-5-7-10)14-15-11(20-16-14)8-21-9-12(17)18/h3-7,13H,2,8-9H2,1H3,(H,17,18). The highest BCUT2D eigenvalue weighted by Crippen LogP contribution is 2.24. The Hall–Kier alpha value is -1.86. The second-order valence-corrected chi connectivity index (χ2v) is 5.16. The molecule has 0 bridgehead atoms. The minimum atomic E-state index is -0.865. The fraction of sp³-hybridized carbons (Fsp3) is 0.357. The monoisotopic (exact) mass is 308 g/mol. The molecule has 2 rings (SSSR count). The number of hydrogen-bond acceptors (Lipinski definition) is 6. The van der Waals surface area contributed by atoms with Gasteiger partial charge in [-0.15, -0.1) is 11.8 Å². The van der Waals surface area contributed by atoms with E-state index in [1.165, 1.54) is 11.8 Å². The molecule has 1 unspecified atom stereocenters. The number of carbonyl (C=O) groups is 1. The summed E-state index contributed by atoms with van der Waals surface area (Å²) in [6, 6.07) is 9.65. The zero-order valence-corrected chi connectivity index (χ0v) is 12.4. The highest BCUT2D eigenvalue weighted by atomic mass is 32.2. The molecule has 0 aliphatic rings. The van der Waals surface area contributed by atoms with Gasteiger partial charge in [-0.25, -0.2) is 0 Å². The van der Waals surface area contributed by atoms with E-state index in [-0.39, 0.29) is 11.9 Å². The van der Waals surface area contributed by atoms with Crippen LogP contribution in [0.1, 0.15) is 30.3 Å². The Morgan fingerprint density at radius 1 is 1.43 bits per heavy atom. The average molecular weight is 308 g/mol. The van der Waals surface area contributed by atoms with Crippen molar-refractivity contribution in [3.8, 4) is 0 Å². The van der Waals surface area contributed by atoms with Crippen LogP contribution in [0.15, 0.2) is 34.9 Å². The maximum absolute atomic E-state index is 10.5. The number of carboxylic acids is 1. The van der Waals surface area contributed by atoms with Gasteiger partial charge in [0.2, 0.25) is 11.7 Å². The van der Waals surface area contributed by atoms with Crippen molar-refractivity contribution >= 4 is 17.7 Å². The molecule has 1 N–H and O–H groups in total. The number of aliphatic carboxylic acids is 1. The molecular formula is C14H16N2O4S. The second kappa shape index (κ2) is 7.80. The summed E-state index contributed by atoms with van der Waals surface area (Å²) < 4.78 is 10.8. The van der Waals surface area contributed by atoms with E-state index in [9.17, 15) is 4.79 Å². The number of thioether (sulfide) groups is 1. The first kappa shape index (κ1) is 15.5. The lowest BCUT2D eigenvalue weighted by molar-refractivity contribution is -0.133. The first-order chi connectivity index (χ1) is 10.2. The van der Waals surface area contributed by atoms with Crippen LogP contribution in [0.3, 0.4) is 0 Å². The van der Waals surface area contributed by atoms with E-state index >= 15 is 0 Å². The topological polar surface area (TPSA) is 85.5 Å². The number of nitrogens with zero attached hydrogens (tertiary/aromatic N) is 2. The molecule has 1 atom stereocenters. The van der Waals surface area contributed by atoms with Crippen LogP contribution in [-0.2, 0) is 15.3 Å². The molecule has 0 saturated heterocycles. The minimum absolute atomic E-state index is 0.00525. The number of benzene rings is 1. The van der Waals surface area contributed by atoms with Crippen LogP contribution in [0.5, 0.6) is 0 Å². The van der Waals surface area contributed by atoms with Gasteiger partial charge in [0.05, 0.1) is 11.5 Å². The molecule has 0 radical (unpaired) electrons. The molecule has 0 aliphatic heterocycles. The Balaban J connectivity index is 2.07. The van der Waals surface area contributed by atoms with Crippen molar-refractivity contribution in [1.82, 2.24) is 10.1 Å². The molecule has 0 fully saturated rings. The van der Waals surface area contributed by atoms with Gasteiger partial charge >= 0.3 is 5.97 Å². The number of carboxylic acid groups (broad SMARTS) is 1. The maximum Gasteiger partial charge on any atom is 0.313 e. The molecule has 0 spiro atoms. The van der Waals surface area contributed by atoms with Crippen molar-refractivity contribution in [2.24, 2.45) is 0 Å².